The zero-order valence-corrected chi connectivity index (χ0v) is 51.2. The van der Waals surface area contributed by atoms with Crippen LogP contribution in [0.1, 0.15) is 23.5 Å². The van der Waals surface area contributed by atoms with Crippen molar-refractivity contribution in [2.45, 2.75) is 17.2 Å². The van der Waals surface area contributed by atoms with Crippen molar-refractivity contribution in [3.63, 3.8) is 0 Å². The van der Waals surface area contributed by atoms with Crippen molar-refractivity contribution in [3.8, 4) is 62.2 Å². The van der Waals surface area contributed by atoms with Crippen LogP contribution < -0.4 is 0 Å². The third-order valence-corrected chi connectivity index (χ3v) is 22.2. The Morgan fingerprint density at radius 1 is 0.359 bits per heavy atom. The van der Waals surface area contributed by atoms with Crippen molar-refractivity contribution in [2.75, 3.05) is 0 Å². The van der Waals surface area contributed by atoms with Crippen LogP contribution in [0.2, 0.25) is 0 Å². The number of nitrogens with zero attached hydrogens (tertiary/aromatic N) is 5. The molecule has 7 heteroatoms. The third-order valence-electron chi connectivity index (χ3n) is 19.7. The number of para-hydroxylation sites is 4. The molecular weight excluding hydrogens is 1160 g/mol. The maximum absolute atomic E-state index is 13.3. The van der Waals surface area contributed by atoms with Gasteiger partial charge < -0.3 is 18.3 Å². The maximum atomic E-state index is 13.3. The summed E-state index contributed by atoms with van der Waals surface area (Å²) in [6.45, 7) is 0. The van der Waals surface area contributed by atoms with Crippen molar-refractivity contribution in [3.05, 3.63) is 307 Å². The minimum Gasteiger partial charge on any atom is -0.306 e. The molecule has 0 saturated heterocycles. The fraction of sp³-hybridized carbons (Fsp3) is 0.0235. The van der Waals surface area contributed by atoms with E-state index in [1.807, 2.05) is 23.1 Å². The smallest absolute Gasteiger partial charge is 0.104 e. The number of allylic oxidation sites excluding steroid dienone is 4. The van der Waals surface area contributed by atoms with Gasteiger partial charge in [-0.25, -0.2) is 0 Å². The first kappa shape index (κ1) is 51.5. The summed E-state index contributed by atoms with van der Waals surface area (Å²) < 4.78 is 12.5. The maximum Gasteiger partial charge on any atom is 0.104 e. The van der Waals surface area contributed by atoms with Crippen LogP contribution >= 0.6 is 23.1 Å². The van der Waals surface area contributed by atoms with Crippen LogP contribution in [0, 0.1) is 11.3 Å². The average molecular weight is 1210 g/mol. The van der Waals surface area contributed by atoms with E-state index in [0.29, 0.717) is 5.56 Å². The minimum absolute atomic E-state index is 0.278. The lowest BCUT2D eigenvalue weighted by Crippen LogP contribution is -2.16. The van der Waals surface area contributed by atoms with E-state index < -0.39 is 0 Å². The Bertz CT molecular complexity index is 6210. The van der Waals surface area contributed by atoms with E-state index >= 15 is 0 Å². The van der Waals surface area contributed by atoms with Crippen molar-refractivity contribution >= 4 is 130 Å². The first-order chi connectivity index (χ1) is 45.7. The largest absolute Gasteiger partial charge is 0.306 e. The number of thiophene rings is 1. The zero-order chi connectivity index (χ0) is 60.3. The van der Waals surface area contributed by atoms with Gasteiger partial charge in [-0.05, 0) is 111 Å². The van der Waals surface area contributed by atoms with Gasteiger partial charge in [0.1, 0.15) is 11.6 Å². The number of thioether (sulfide) groups is 1. The van der Waals surface area contributed by atoms with Gasteiger partial charge in [0.05, 0.1) is 66.9 Å². The van der Waals surface area contributed by atoms with Crippen LogP contribution in [0.15, 0.2) is 301 Å². The topological polar surface area (TPSA) is 43.5 Å². The Kier molecular flexibility index (Phi) is 11.1. The van der Waals surface area contributed by atoms with E-state index in [2.05, 4.69) is 316 Å². The number of fused-ring (bicyclic) bond motifs is 20. The highest BCUT2D eigenvalue weighted by molar-refractivity contribution is 8.03. The molecule has 428 valence electrons. The molecule has 1 aliphatic heterocycles. The van der Waals surface area contributed by atoms with Crippen LogP contribution in [0.25, 0.3) is 164 Å². The van der Waals surface area contributed by atoms with Crippen molar-refractivity contribution in [2.24, 2.45) is 0 Å². The first-order valence-electron chi connectivity index (χ1n) is 31.5. The van der Waals surface area contributed by atoms with E-state index in [9.17, 15) is 5.26 Å². The highest BCUT2D eigenvalue weighted by atomic mass is 32.2. The van der Waals surface area contributed by atoms with Crippen molar-refractivity contribution in [1.82, 2.24) is 18.3 Å². The number of benzene rings is 13. The van der Waals surface area contributed by atoms with E-state index in [4.69, 9.17) is 0 Å². The number of nitriles is 1. The molecule has 5 aromatic heterocycles. The molecule has 0 fully saturated rings. The normalized spacial score (nSPS) is 13.9. The summed E-state index contributed by atoms with van der Waals surface area (Å²) in [6.07, 6.45) is 7.84. The quantitative estimate of drug-likeness (QED) is 0.160. The predicted molar refractivity (Wildman–Crippen MR) is 388 cm³/mol. The third kappa shape index (κ3) is 7.19. The molecule has 92 heavy (non-hydrogen) atoms. The lowest BCUT2D eigenvalue weighted by molar-refractivity contribution is 0.840. The molecule has 18 aromatic rings. The van der Waals surface area contributed by atoms with Gasteiger partial charge in [0.15, 0.2) is 0 Å². The average Bonchev–Trinajstić information content (AvgIpc) is 1.44. The second-order valence-electron chi connectivity index (χ2n) is 24.4. The van der Waals surface area contributed by atoms with E-state index in [1.165, 1.54) is 46.3 Å². The first-order valence-corrected chi connectivity index (χ1v) is 33.1. The lowest BCUT2D eigenvalue weighted by Gasteiger charge is -2.29. The Hall–Kier alpha value is -11.4. The number of hydrogen-bond donors (Lipinski definition) is 0. The van der Waals surface area contributed by atoms with E-state index in [0.717, 1.165) is 139 Å². The fourth-order valence-electron chi connectivity index (χ4n) is 15.9. The second-order valence-corrected chi connectivity index (χ2v) is 26.6. The van der Waals surface area contributed by atoms with Gasteiger partial charge >= 0.3 is 0 Å². The van der Waals surface area contributed by atoms with Crippen LogP contribution in [0.5, 0.6) is 0 Å². The molecule has 2 aliphatic rings. The minimum atomic E-state index is 0.278. The predicted octanol–water partition coefficient (Wildman–Crippen LogP) is 23.3. The number of rotatable bonds is 7. The summed E-state index contributed by atoms with van der Waals surface area (Å²) in [5, 5.41) is 24.9. The Morgan fingerprint density at radius 3 is 1.34 bits per heavy atom. The van der Waals surface area contributed by atoms with Crippen LogP contribution in [0.3, 0.4) is 0 Å². The molecule has 1 atom stereocenters. The molecule has 5 nitrogen and oxygen atoms in total. The van der Waals surface area contributed by atoms with Gasteiger partial charge in [0.25, 0.3) is 0 Å². The fourth-order valence-corrected chi connectivity index (χ4v) is 18.5. The van der Waals surface area contributed by atoms with Crippen LogP contribution in [-0.4, -0.2) is 18.3 Å². The number of hydrogen-bond acceptors (Lipinski definition) is 3. The summed E-state index contributed by atoms with van der Waals surface area (Å²) in [6, 6.07) is 104. The molecule has 0 amide bonds. The highest BCUT2D eigenvalue weighted by Gasteiger charge is 2.37. The molecule has 0 radical (unpaired) electrons. The summed E-state index contributed by atoms with van der Waals surface area (Å²) in [5.41, 5.74) is 20.1. The SMILES string of the molecule is N#Cc1c(-n2c3ccccc3c3ccccc32)c(-n2c3ccc(-c4ccccc4)cc3c3c4c(ccc32)C2CC=CC=C2S4)c(-c2ccccc2)c(-n2c3ccc(-c4ccccc4)cc3c3c4sc5ccccc5c4ccc32)c1-n1c2ccccc2c2ccccc21. The molecule has 6 heterocycles. The van der Waals surface area contributed by atoms with Crippen molar-refractivity contribution < 1.29 is 0 Å². The molecule has 1 aliphatic carbocycles. The highest BCUT2D eigenvalue weighted by Crippen LogP contribution is 2.58. The molecule has 0 N–H and O–H groups in total. The van der Waals surface area contributed by atoms with Gasteiger partial charge in [0, 0.05) is 79.6 Å². The summed E-state index contributed by atoms with van der Waals surface area (Å²) in [5.74, 6) is 0.278. The Balaban J connectivity index is 1.08. The zero-order valence-electron chi connectivity index (χ0n) is 49.5. The van der Waals surface area contributed by atoms with Crippen molar-refractivity contribution in [1.29, 1.82) is 5.26 Å². The Labute approximate surface area is 537 Å². The lowest BCUT2D eigenvalue weighted by atomic mass is 9.91. The molecule has 0 bridgehead atoms. The summed E-state index contributed by atoms with van der Waals surface area (Å²) in [7, 11) is 0. The van der Waals surface area contributed by atoms with Gasteiger partial charge in [-0.15, -0.1) is 11.3 Å². The summed E-state index contributed by atoms with van der Waals surface area (Å²) >= 11 is 3.79. The molecule has 20 rings (SSSR count). The van der Waals surface area contributed by atoms with Gasteiger partial charge in [0.2, 0.25) is 0 Å². The molecular formula is C85H51N5S2. The number of aromatic nitrogens is 4. The molecule has 0 spiro atoms. The molecule has 0 saturated carbocycles. The summed E-state index contributed by atoms with van der Waals surface area (Å²) in [4.78, 5) is 2.67. The Morgan fingerprint density at radius 2 is 0.793 bits per heavy atom. The molecule has 1 unspecified atom stereocenters. The second kappa shape index (κ2) is 19.8. The van der Waals surface area contributed by atoms with Crippen LogP contribution in [-0.2, 0) is 0 Å². The standard InChI is InChI=1S/C85H51N5S2/c86-50-66-80(87-67-34-16-10-28-56(67)57-29-11-17-35-68(57)87)82(89-71-44-40-54(51-22-4-1-5-23-51)48-64(71)78-73(89)46-42-62-60-32-14-20-38-75(60)91-84(62)78)77(53-26-8-3-9-27-53)83(81(66)88-69-36-18-12-30-58(69)59-31-13-19-37-70(59)88)90-72-45-41-55(52-24-6-2-7-25-52)49-65(72)79-74(90)47-43-63-61-33-15-21-39-76(61)92-85(63)79/h1-32,34-49,61H,33H2. The van der Waals surface area contributed by atoms with Crippen LogP contribution in [0.4, 0.5) is 0 Å². The van der Waals surface area contributed by atoms with Gasteiger partial charge in [-0.1, -0.05) is 236 Å². The van der Waals surface area contributed by atoms with Gasteiger partial charge in [-0.3, -0.25) is 0 Å². The van der Waals surface area contributed by atoms with E-state index in [-0.39, 0.29) is 5.92 Å². The van der Waals surface area contributed by atoms with E-state index in [1.54, 1.807) is 0 Å². The molecule has 13 aromatic carbocycles. The monoisotopic (exact) mass is 1210 g/mol. The van der Waals surface area contributed by atoms with Gasteiger partial charge in [-0.2, -0.15) is 5.26 Å².